The Morgan fingerprint density at radius 3 is 2.24 bits per heavy atom. The second-order valence-corrected chi connectivity index (χ2v) is 6.62. The Balaban J connectivity index is 1.91. The molecule has 1 atom stereocenters. The van der Waals surface area contributed by atoms with Crippen LogP contribution in [0.2, 0.25) is 5.02 Å². The van der Waals surface area contributed by atoms with Gasteiger partial charge in [0.1, 0.15) is 12.6 Å². The molecule has 2 aromatic carbocycles. The maximum Gasteiger partial charge on any atom is 0.329 e. The van der Waals surface area contributed by atoms with Gasteiger partial charge in [-0.2, -0.15) is 0 Å². The number of ether oxygens (including phenoxy) is 1. The summed E-state index contributed by atoms with van der Waals surface area (Å²) in [5.74, 6) is -0.711. The van der Waals surface area contributed by atoms with E-state index in [2.05, 4.69) is 5.32 Å². The van der Waals surface area contributed by atoms with Crippen LogP contribution < -0.4 is 5.32 Å². The van der Waals surface area contributed by atoms with Crippen molar-refractivity contribution in [1.29, 1.82) is 0 Å². The molecule has 5 heteroatoms. The molecule has 0 aliphatic rings. The van der Waals surface area contributed by atoms with Crippen molar-refractivity contribution in [2.24, 2.45) is 5.92 Å². The highest BCUT2D eigenvalue weighted by Crippen LogP contribution is 2.12. The van der Waals surface area contributed by atoms with Gasteiger partial charge in [0.15, 0.2) is 0 Å². The van der Waals surface area contributed by atoms with E-state index < -0.39 is 12.0 Å². The standard InChI is InChI=1S/C20H22ClNO3/c1-14(2)19(22-18(23)12-15-6-4-3-5-7-15)20(24)25-13-16-8-10-17(21)11-9-16/h3-11,14,19H,12-13H2,1-2H3,(H,22,23)/t19-/m0/s1. The minimum absolute atomic E-state index is 0.0718. The monoisotopic (exact) mass is 359 g/mol. The zero-order chi connectivity index (χ0) is 18.2. The Labute approximate surface area is 153 Å². The summed E-state index contributed by atoms with van der Waals surface area (Å²) >= 11 is 5.83. The summed E-state index contributed by atoms with van der Waals surface area (Å²) in [6.45, 7) is 3.89. The van der Waals surface area contributed by atoms with Crippen molar-refractivity contribution < 1.29 is 14.3 Å². The van der Waals surface area contributed by atoms with Crippen molar-refractivity contribution in [3.63, 3.8) is 0 Å². The number of hydrogen-bond donors (Lipinski definition) is 1. The average molecular weight is 360 g/mol. The van der Waals surface area contributed by atoms with Crippen LogP contribution in [0.4, 0.5) is 0 Å². The smallest absolute Gasteiger partial charge is 0.329 e. The number of nitrogens with one attached hydrogen (secondary N) is 1. The number of carbonyl (C=O) groups excluding carboxylic acids is 2. The first-order chi connectivity index (χ1) is 12.0. The maximum absolute atomic E-state index is 12.3. The van der Waals surface area contributed by atoms with Crippen LogP contribution in [-0.4, -0.2) is 17.9 Å². The molecule has 0 bridgehead atoms. The highest BCUT2D eigenvalue weighted by atomic mass is 35.5. The number of halogens is 1. The first-order valence-corrected chi connectivity index (χ1v) is 8.58. The van der Waals surface area contributed by atoms with E-state index in [1.807, 2.05) is 44.2 Å². The van der Waals surface area contributed by atoms with Crippen LogP contribution in [0.15, 0.2) is 54.6 Å². The summed E-state index contributed by atoms with van der Waals surface area (Å²) in [7, 11) is 0. The van der Waals surface area contributed by atoms with E-state index >= 15 is 0 Å². The van der Waals surface area contributed by atoms with Crippen molar-refractivity contribution in [3.05, 3.63) is 70.7 Å². The molecule has 0 heterocycles. The first-order valence-electron chi connectivity index (χ1n) is 8.20. The number of hydrogen-bond acceptors (Lipinski definition) is 3. The third kappa shape index (κ3) is 6.24. The molecule has 0 spiro atoms. The Morgan fingerprint density at radius 2 is 1.64 bits per heavy atom. The van der Waals surface area contributed by atoms with Crippen LogP contribution in [0.3, 0.4) is 0 Å². The summed E-state index contributed by atoms with van der Waals surface area (Å²) in [5.41, 5.74) is 1.74. The molecular formula is C20H22ClNO3. The summed E-state index contributed by atoms with van der Waals surface area (Å²) < 4.78 is 5.35. The lowest BCUT2D eigenvalue weighted by Crippen LogP contribution is -2.45. The topological polar surface area (TPSA) is 55.4 Å². The van der Waals surface area contributed by atoms with Gasteiger partial charge in [-0.15, -0.1) is 0 Å². The normalized spacial score (nSPS) is 11.8. The fourth-order valence-electron chi connectivity index (χ4n) is 2.33. The lowest BCUT2D eigenvalue weighted by molar-refractivity contribution is -0.150. The van der Waals surface area contributed by atoms with Crippen molar-refractivity contribution in [2.45, 2.75) is 32.9 Å². The molecule has 0 aromatic heterocycles. The van der Waals surface area contributed by atoms with Gasteiger partial charge in [0.2, 0.25) is 5.91 Å². The molecular weight excluding hydrogens is 338 g/mol. The molecule has 132 valence electrons. The van der Waals surface area contributed by atoms with Crippen molar-refractivity contribution in [2.75, 3.05) is 0 Å². The molecule has 0 unspecified atom stereocenters. The van der Waals surface area contributed by atoms with Gasteiger partial charge >= 0.3 is 5.97 Å². The van der Waals surface area contributed by atoms with E-state index in [1.54, 1.807) is 24.3 Å². The number of esters is 1. The second-order valence-electron chi connectivity index (χ2n) is 6.19. The lowest BCUT2D eigenvalue weighted by atomic mass is 10.0. The number of benzene rings is 2. The molecule has 1 amide bonds. The Hall–Kier alpha value is -2.33. The molecule has 0 saturated heterocycles. The van der Waals surface area contributed by atoms with E-state index in [9.17, 15) is 9.59 Å². The third-order valence-electron chi connectivity index (χ3n) is 3.74. The molecule has 0 aliphatic carbocycles. The van der Waals surface area contributed by atoms with Crippen molar-refractivity contribution in [3.8, 4) is 0 Å². The quantitative estimate of drug-likeness (QED) is 0.766. The fourth-order valence-corrected chi connectivity index (χ4v) is 2.45. The van der Waals surface area contributed by atoms with Gasteiger partial charge in [0.25, 0.3) is 0 Å². The SMILES string of the molecule is CC(C)[C@H](NC(=O)Cc1ccccc1)C(=O)OCc1ccc(Cl)cc1. The summed E-state index contributed by atoms with van der Waals surface area (Å²) in [6, 6.07) is 15.8. The fraction of sp³-hybridized carbons (Fsp3) is 0.300. The van der Waals surface area contributed by atoms with Gasteiger partial charge in [0.05, 0.1) is 6.42 Å². The van der Waals surface area contributed by atoms with Crippen molar-refractivity contribution >= 4 is 23.5 Å². The molecule has 1 N–H and O–H groups in total. The molecule has 0 saturated carbocycles. The summed E-state index contributed by atoms with van der Waals surface area (Å²) in [5, 5.41) is 3.40. The van der Waals surface area contributed by atoms with Gasteiger partial charge < -0.3 is 10.1 Å². The van der Waals surface area contributed by atoms with Crippen LogP contribution in [-0.2, 0) is 27.4 Å². The molecule has 0 fully saturated rings. The molecule has 2 rings (SSSR count). The number of carbonyl (C=O) groups is 2. The van der Waals surface area contributed by atoms with Crippen LogP contribution in [0.5, 0.6) is 0 Å². The van der Waals surface area contributed by atoms with Gasteiger partial charge in [-0.05, 0) is 29.2 Å². The molecule has 0 radical (unpaired) electrons. The predicted molar refractivity (Wildman–Crippen MR) is 98.2 cm³/mol. The minimum atomic E-state index is -0.677. The largest absolute Gasteiger partial charge is 0.459 e. The van der Waals surface area contributed by atoms with Gasteiger partial charge in [-0.3, -0.25) is 4.79 Å². The van der Waals surface area contributed by atoms with Crippen LogP contribution in [0.25, 0.3) is 0 Å². The predicted octanol–water partition coefficient (Wildman–Crippen LogP) is 3.77. The Kier molecular flexibility index (Phi) is 7.02. The zero-order valence-electron chi connectivity index (χ0n) is 14.4. The van der Waals surface area contributed by atoms with Crippen LogP contribution >= 0.6 is 11.6 Å². The van der Waals surface area contributed by atoms with Crippen LogP contribution in [0, 0.1) is 5.92 Å². The molecule has 0 aliphatic heterocycles. The van der Waals surface area contributed by atoms with Gasteiger partial charge in [-0.1, -0.05) is 67.9 Å². The molecule has 2 aromatic rings. The number of rotatable bonds is 7. The van der Waals surface area contributed by atoms with E-state index in [-0.39, 0.29) is 24.9 Å². The number of amides is 1. The van der Waals surface area contributed by atoms with Gasteiger partial charge in [-0.25, -0.2) is 4.79 Å². The van der Waals surface area contributed by atoms with E-state index in [4.69, 9.17) is 16.3 Å². The highest BCUT2D eigenvalue weighted by molar-refractivity contribution is 6.30. The van der Waals surface area contributed by atoms with E-state index in [1.165, 1.54) is 0 Å². The van der Waals surface area contributed by atoms with Crippen LogP contribution in [0.1, 0.15) is 25.0 Å². The van der Waals surface area contributed by atoms with Crippen molar-refractivity contribution in [1.82, 2.24) is 5.32 Å². The van der Waals surface area contributed by atoms with E-state index in [0.29, 0.717) is 5.02 Å². The van der Waals surface area contributed by atoms with Gasteiger partial charge in [0, 0.05) is 5.02 Å². The summed E-state index contributed by atoms with van der Waals surface area (Å²) in [6.07, 6.45) is 0.231. The first kappa shape index (κ1) is 19.0. The highest BCUT2D eigenvalue weighted by Gasteiger charge is 2.25. The Bertz CT molecular complexity index is 699. The second kappa shape index (κ2) is 9.23. The minimum Gasteiger partial charge on any atom is -0.459 e. The zero-order valence-corrected chi connectivity index (χ0v) is 15.1. The molecule has 25 heavy (non-hydrogen) atoms. The average Bonchev–Trinajstić information content (AvgIpc) is 2.59. The summed E-state index contributed by atoms with van der Waals surface area (Å²) in [4.78, 5) is 24.6. The van der Waals surface area contributed by atoms with E-state index in [0.717, 1.165) is 11.1 Å². The lowest BCUT2D eigenvalue weighted by Gasteiger charge is -2.21. The molecule has 4 nitrogen and oxygen atoms in total. The maximum atomic E-state index is 12.3. The Morgan fingerprint density at radius 1 is 1.00 bits per heavy atom. The third-order valence-corrected chi connectivity index (χ3v) is 3.99.